The minimum atomic E-state index is -3.41. The molecule has 1 saturated carbocycles. The maximum absolute atomic E-state index is 12.7. The first-order chi connectivity index (χ1) is 14.4. The minimum Gasteiger partial charge on any atom is -0.497 e. The number of carbonyl (C=O) groups is 1. The number of fused-ring (bicyclic) bond motifs is 3. The Bertz CT molecular complexity index is 902. The number of rotatable bonds is 11. The summed E-state index contributed by atoms with van der Waals surface area (Å²) >= 11 is 0. The van der Waals surface area contributed by atoms with Crippen molar-refractivity contribution in [3.05, 3.63) is 53.3 Å². The Labute approximate surface area is 179 Å². The summed E-state index contributed by atoms with van der Waals surface area (Å²) in [6.07, 6.45) is 10.1. The standard InChI is InChI=1S/C23H31NO5S/c1-29-20-10-7-17(8-11-20)13-14-30(27,28)24-22-16-18-9-12-21(22)19(15-18)5-3-2-4-6-23(25)26/h3,5,7-8,10-11,18-19,24H,2,4,6,9,12-16H2,1H3,(H,25,26). The summed E-state index contributed by atoms with van der Waals surface area (Å²) in [6.45, 7) is 0. The van der Waals surface area contributed by atoms with E-state index >= 15 is 0 Å². The summed E-state index contributed by atoms with van der Waals surface area (Å²) in [5.41, 5.74) is 3.05. The van der Waals surface area contributed by atoms with Crippen LogP contribution in [-0.4, -0.2) is 32.4 Å². The van der Waals surface area contributed by atoms with Gasteiger partial charge in [-0.15, -0.1) is 0 Å². The fourth-order valence-electron chi connectivity index (χ4n) is 4.36. The molecular formula is C23H31NO5S. The highest BCUT2D eigenvalue weighted by atomic mass is 32.2. The summed E-state index contributed by atoms with van der Waals surface area (Å²) < 4.78 is 33.4. The SMILES string of the molecule is COc1ccc(CCS(=O)(=O)NC2=C3CCC(C2)CC3C=CCCCC(=O)O)cc1. The lowest BCUT2D eigenvalue weighted by molar-refractivity contribution is -0.137. The third kappa shape index (κ3) is 6.36. The van der Waals surface area contributed by atoms with E-state index in [1.165, 1.54) is 5.57 Å². The Morgan fingerprint density at radius 3 is 2.73 bits per heavy atom. The van der Waals surface area contributed by atoms with Gasteiger partial charge in [0.2, 0.25) is 10.0 Å². The summed E-state index contributed by atoms with van der Waals surface area (Å²) in [4.78, 5) is 10.6. The normalized spacial score (nSPS) is 21.2. The van der Waals surface area contributed by atoms with Gasteiger partial charge in [0.1, 0.15) is 5.75 Å². The van der Waals surface area contributed by atoms with Gasteiger partial charge in [-0.2, -0.15) is 0 Å². The zero-order valence-electron chi connectivity index (χ0n) is 17.5. The summed E-state index contributed by atoms with van der Waals surface area (Å²) in [5.74, 6) is 0.814. The highest BCUT2D eigenvalue weighted by Gasteiger charge is 2.34. The van der Waals surface area contributed by atoms with Crippen molar-refractivity contribution >= 4 is 16.0 Å². The average Bonchev–Trinajstić information content (AvgIpc) is 2.72. The quantitative estimate of drug-likeness (QED) is 0.406. The molecule has 0 heterocycles. The van der Waals surface area contributed by atoms with Crippen LogP contribution in [0.3, 0.4) is 0 Å². The van der Waals surface area contributed by atoms with Crippen LogP contribution in [0.25, 0.3) is 0 Å². The van der Waals surface area contributed by atoms with Crippen molar-refractivity contribution in [1.82, 2.24) is 4.72 Å². The number of carboxylic acid groups (broad SMARTS) is 1. The van der Waals surface area contributed by atoms with Crippen LogP contribution < -0.4 is 9.46 Å². The van der Waals surface area contributed by atoms with E-state index in [0.29, 0.717) is 18.8 Å². The zero-order valence-corrected chi connectivity index (χ0v) is 18.3. The van der Waals surface area contributed by atoms with Crippen molar-refractivity contribution in [1.29, 1.82) is 0 Å². The highest BCUT2D eigenvalue weighted by molar-refractivity contribution is 7.89. The Balaban J connectivity index is 1.59. The molecule has 30 heavy (non-hydrogen) atoms. The molecule has 2 atom stereocenters. The summed E-state index contributed by atoms with van der Waals surface area (Å²) in [7, 11) is -1.80. The van der Waals surface area contributed by atoms with E-state index in [-0.39, 0.29) is 18.1 Å². The first-order valence-electron chi connectivity index (χ1n) is 10.6. The van der Waals surface area contributed by atoms with Crippen LogP contribution in [-0.2, 0) is 21.2 Å². The molecule has 0 spiro atoms. The molecule has 2 bridgehead atoms. The van der Waals surface area contributed by atoms with E-state index in [2.05, 4.69) is 16.9 Å². The molecule has 2 N–H and O–H groups in total. The van der Waals surface area contributed by atoms with E-state index in [4.69, 9.17) is 9.84 Å². The molecule has 0 saturated heterocycles. The number of nitrogens with one attached hydrogen (secondary N) is 1. The number of aliphatic carboxylic acids is 1. The van der Waals surface area contributed by atoms with Gasteiger partial charge in [-0.05, 0) is 80.1 Å². The van der Waals surface area contributed by atoms with Crippen molar-refractivity contribution in [3.63, 3.8) is 0 Å². The van der Waals surface area contributed by atoms with Crippen molar-refractivity contribution in [2.24, 2.45) is 11.8 Å². The molecule has 2 unspecified atom stereocenters. The smallest absolute Gasteiger partial charge is 0.303 e. The van der Waals surface area contributed by atoms with Gasteiger partial charge in [0.05, 0.1) is 12.9 Å². The van der Waals surface area contributed by atoms with Crippen LogP contribution in [0.15, 0.2) is 47.7 Å². The van der Waals surface area contributed by atoms with Crippen LogP contribution in [0.2, 0.25) is 0 Å². The molecule has 0 amide bonds. The first-order valence-corrected chi connectivity index (χ1v) is 12.3. The third-order valence-electron chi connectivity index (χ3n) is 5.96. The van der Waals surface area contributed by atoms with Gasteiger partial charge in [0, 0.05) is 12.1 Å². The number of benzene rings is 1. The van der Waals surface area contributed by atoms with Crippen molar-refractivity contribution < 1.29 is 23.1 Å². The summed E-state index contributed by atoms with van der Waals surface area (Å²) in [6, 6.07) is 7.47. The lowest BCUT2D eigenvalue weighted by Crippen LogP contribution is -2.35. The maximum Gasteiger partial charge on any atom is 0.303 e. The molecule has 7 heteroatoms. The molecule has 1 aromatic rings. The van der Waals surface area contributed by atoms with Crippen molar-refractivity contribution in [2.45, 2.75) is 51.4 Å². The van der Waals surface area contributed by atoms with Gasteiger partial charge >= 0.3 is 5.97 Å². The topological polar surface area (TPSA) is 92.7 Å². The van der Waals surface area contributed by atoms with Gasteiger partial charge < -0.3 is 9.84 Å². The minimum absolute atomic E-state index is 0.0521. The second kappa shape index (κ2) is 10.2. The predicted octanol–water partition coefficient (Wildman–Crippen LogP) is 4.04. The third-order valence-corrected chi connectivity index (χ3v) is 7.26. The lowest BCUT2D eigenvalue weighted by atomic mass is 9.69. The second-order valence-corrected chi connectivity index (χ2v) is 10.0. The van der Waals surface area contributed by atoms with E-state index in [0.717, 1.165) is 49.1 Å². The number of aryl methyl sites for hydroxylation is 1. The number of unbranched alkanes of at least 4 members (excludes halogenated alkanes) is 1. The fraction of sp³-hybridized carbons (Fsp3) is 0.522. The van der Waals surface area contributed by atoms with E-state index in [1.54, 1.807) is 7.11 Å². The molecule has 1 fully saturated rings. The number of hydrogen-bond donors (Lipinski definition) is 2. The lowest BCUT2D eigenvalue weighted by Gasteiger charge is -2.38. The first kappa shape index (κ1) is 22.4. The van der Waals surface area contributed by atoms with Gasteiger partial charge in [0.25, 0.3) is 0 Å². The van der Waals surface area contributed by atoms with Gasteiger partial charge in [-0.1, -0.05) is 24.3 Å². The number of ether oxygens (including phenoxy) is 1. The van der Waals surface area contributed by atoms with Gasteiger partial charge in [-0.3, -0.25) is 9.52 Å². The molecule has 6 nitrogen and oxygen atoms in total. The highest BCUT2D eigenvalue weighted by Crippen LogP contribution is 2.44. The molecule has 0 radical (unpaired) electrons. The monoisotopic (exact) mass is 433 g/mol. The number of hydrogen-bond acceptors (Lipinski definition) is 4. The molecule has 0 aliphatic heterocycles. The van der Waals surface area contributed by atoms with Crippen LogP contribution in [0.1, 0.15) is 50.5 Å². The Morgan fingerprint density at radius 2 is 2.07 bits per heavy atom. The van der Waals surface area contributed by atoms with Crippen LogP contribution >= 0.6 is 0 Å². The molecule has 1 aromatic carbocycles. The molecule has 3 aliphatic rings. The molecule has 164 valence electrons. The zero-order chi connectivity index (χ0) is 21.6. The number of sulfonamides is 1. The van der Waals surface area contributed by atoms with E-state index < -0.39 is 16.0 Å². The summed E-state index contributed by atoms with van der Waals surface area (Å²) in [5, 5.41) is 8.73. The molecule has 4 rings (SSSR count). The van der Waals surface area contributed by atoms with E-state index in [9.17, 15) is 13.2 Å². The number of allylic oxidation sites excluding steroid dienone is 4. The molecule has 0 aromatic heterocycles. The average molecular weight is 434 g/mol. The van der Waals surface area contributed by atoms with Crippen LogP contribution in [0, 0.1) is 11.8 Å². The van der Waals surface area contributed by atoms with Crippen molar-refractivity contribution in [3.8, 4) is 5.75 Å². The predicted molar refractivity (Wildman–Crippen MR) is 117 cm³/mol. The van der Waals surface area contributed by atoms with Crippen molar-refractivity contribution in [2.75, 3.05) is 12.9 Å². The van der Waals surface area contributed by atoms with Gasteiger partial charge in [0.15, 0.2) is 0 Å². The molecular weight excluding hydrogens is 402 g/mol. The Hall–Kier alpha value is -2.28. The maximum atomic E-state index is 12.7. The van der Waals surface area contributed by atoms with E-state index in [1.807, 2.05) is 24.3 Å². The van der Waals surface area contributed by atoms with Crippen LogP contribution in [0.5, 0.6) is 5.75 Å². The largest absolute Gasteiger partial charge is 0.497 e. The fourth-order valence-corrected chi connectivity index (χ4v) is 5.56. The molecule has 3 aliphatic carbocycles. The number of carboxylic acids is 1. The Morgan fingerprint density at radius 1 is 1.30 bits per heavy atom. The second-order valence-electron chi connectivity index (χ2n) is 8.19. The number of methoxy groups -OCH3 is 1. The van der Waals surface area contributed by atoms with Crippen LogP contribution in [0.4, 0.5) is 0 Å². The Kier molecular flexibility index (Phi) is 7.58. The van der Waals surface area contributed by atoms with Gasteiger partial charge in [-0.25, -0.2) is 8.42 Å².